The largest absolute Gasteiger partial charge is 0.345 e. The van der Waals surface area contributed by atoms with E-state index in [0.29, 0.717) is 6.54 Å². The van der Waals surface area contributed by atoms with Gasteiger partial charge in [-0.15, -0.1) is 0 Å². The lowest BCUT2D eigenvalue weighted by Gasteiger charge is -2.03. The number of carbonyl (C=O) groups is 1. The zero-order valence-corrected chi connectivity index (χ0v) is 8.37. The van der Waals surface area contributed by atoms with E-state index >= 15 is 0 Å². The molecule has 0 saturated carbocycles. The molecule has 0 spiro atoms. The molecule has 0 unspecified atom stereocenters. The molecular formula is C10H12N4O. The normalized spacial score (nSPS) is 10.5. The number of anilines is 1. The van der Waals surface area contributed by atoms with Crippen LogP contribution in [0.15, 0.2) is 24.5 Å². The molecule has 1 amide bonds. The minimum Gasteiger partial charge on any atom is -0.345 e. The van der Waals surface area contributed by atoms with Crippen molar-refractivity contribution >= 4 is 22.6 Å². The summed E-state index contributed by atoms with van der Waals surface area (Å²) < 4.78 is 0. The van der Waals surface area contributed by atoms with E-state index in [1.54, 1.807) is 13.4 Å². The maximum Gasteiger partial charge on any atom is 0.238 e. The van der Waals surface area contributed by atoms with Gasteiger partial charge in [0.15, 0.2) is 0 Å². The summed E-state index contributed by atoms with van der Waals surface area (Å²) in [4.78, 5) is 18.4. The lowest BCUT2D eigenvalue weighted by atomic mass is 10.3. The van der Waals surface area contributed by atoms with Crippen LogP contribution < -0.4 is 10.6 Å². The summed E-state index contributed by atoms with van der Waals surface area (Å²) in [5, 5.41) is 5.56. The van der Waals surface area contributed by atoms with Crippen LogP contribution in [0.5, 0.6) is 0 Å². The van der Waals surface area contributed by atoms with Crippen molar-refractivity contribution in [1.29, 1.82) is 0 Å². The Balaban J connectivity index is 2.17. The molecule has 0 aliphatic rings. The first-order valence-corrected chi connectivity index (χ1v) is 4.67. The molecule has 2 rings (SSSR count). The highest BCUT2D eigenvalue weighted by atomic mass is 16.1. The Morgan fingerprint density at radius 1 is 1.53 bits per heavy atom. The van der Waals surface area contributed by atoms with Crippen LogP contribution in [0.4, 0.5) is 5.69 Å². The Bertz CT molecular complexity index is 477. The van der Waals surface area contributed by atoms with Gasteiger partial charge in [0.05, 0.1) is 23.9 Å². The van der Waals surface area contributed by atoms with Crippen LogP contribution in [0, 0.1) is 0 Å². The monoisotopic (exact) mass is 204 g/mol. The lowest BCUT2D eigenvalue weighted by Crippen LogP contribution is -2.24. The van der Waals surface area contributed by atoms with Crippen molar-refractivity contribution in [3.63, 3.8) is 0 Å². The fraction of sp³-hybridized carbons (Fsp3) is 0.200. The first kappa shape index (κ1) is 9.67. The average Bonchev–Trinajstić information content (AvgIpc) is 2.65. The third-order valence-corrected chi connectivity index (χ3v) is 2.04. The average molecular weight is 204 g/mol. The highest BCUT2D eigenvalue weighted by Crippen LogP contribution is 2.15. The summed E-state index contributed by atoms with van der Waals surface area (Å²) in [6, 6.07) is 5.55. The molecular weight excluding hydrogens is 192 g/mol. The second-order valence-corrected chi connectivity index (χ2v) is 3.21. The second kappa shape index (κ2) is 4.10. The van der Waals surface area contributed by atoms with Crippen molar-refractivity contribution in [3.05, 3.63) is 24.5 Å². The minimum atomic E-state index is -0.0589. The predicted molar refractivity (Wildman–Crippen MR) is 58.7 cm³/mol. The van der Waals surface area contributed by atoms with Crippen molar-refractivity contribution in [2.45, 2.75) is 0 Å². The lowest BCUT2D eigenvalue weighted by molar-refractivity contribution is -0.115. The van der Waals surface area contributed by atoms with Crippen molar-refractivity contribution < 1.29 is 4.79 Å². The third kappa shape index (κ3) is 2.13. The second-order valence-electron chi connectivity index (χ2n) is 3.21. The van der Waals surface area contributed by atoms with E-state index in [1.807, 2.05) is 18.2 Å². The molecule has 0 aliphatic heterocycles. The molecule has 0 atom stereocenters. The summed E-state index contributed by atoms with van der Waals surface area (Å²) >= 11 is 0. The van der Waals surface area contributed by atoms with Crippen molar-refractivity contribution in [2.24, 2.45) is 0 Å². The number of amides is 1. The van der Waals surface area contributed by atoms with Crippen molar-refractivity contribution in [3.8, 4) is 0 Å². The van der Waals surface area contributed by atoms with Gasteiger partial charge in [0.25, 0.3) is 0 Å². The summed E-state index contributed by atoms with van der Waals surface area (Å²) in [5.74, 6) is -0.0589. The van der Waals surface area contributed by atoms with E-state index in [9.17, 15) is 4.79 Å². The topological polar surface area (TPSA) is 69.8 Å². The number of hydrogen-bond acceptors (Lipinski definition) is 3. The number of rotatable bonds is 3. The number of benzene rings is 1. The van der Waals surface area contributed by atoms with Crippen LogP contribution in [0.2, 0.25) is 0 Å². The Morgan fingerprint density at radius 2 is 2.40 bits per heavy atom. The van der Waals surface area contributed by atoms with E-state index in [1.165, 1.54) is 0 Å². The van der Waals surface area contributed by atoms with Gasteiger partial charge in [-0.2, -0.15) is 0 Å². The quantitative estimate of drug-likeness (QED) is 0.690. The molecule has 0 aliphatic carbocycles. The molecule has 0 saturated heterocycles. The van der Waals surface area contributed by atoms with Crippen LogP contribution in [0.1, 0.15) is 0 Å². The van der Waals surface area contributed by atoms with Crippen molar-refractivity contribution in [1.82, 2.24) is 15.3 Å². The van der Waals surface area contributed by atoms with Gasteiger partial charge < -0.3 is 15.6 Å². The number of fused-ring (bicyclic) bond motifs is 1. The standard InChI is InChI=1S/C10H12N4O/c1-11-5-10(15)14-7-2-3-8-9(4-7)13-6-12-8/h2-4,6,11H,5H2,1H3,(H,12,13)(H,14,15). The number of aromatic amines is 1. The number of nitrogens with one attached hydrogen (secondary N) is 3. The molecule has 78 valence electrons. The molecule has 3 N–H and O–H groups in total. The predicted octanol–water partition coefficient (Wildman–Crippen LogP) is 0.721. The first-order valence-electron chi connectivity index (χ1n) is 4.67. The number of imidazole rings is 1. The zero-order chi connectivity index (χ0) is 10.7. The molecule has 1 aromatic carbocycles. The van der Waals surface area contributed by atoms with Gasteiger partial charge in [-0.1, -0.05) is 0 Å². The highest BCUT2D eigenvalue weighted by Gasteiger charge is 2.02. The molecule has 1 heterocycles. The SMILES string of the molecule is CNCC(=O)Nc1ccc2nc[nH]c2c1. The molecule has 0 radical (unpaired) electrons. The highest BCUT2D eigenvalue weighted by molar-refractivity contribution is 5.94. The molecule has 0 bridgehead atoms. The molecule has 1 aromatic heterocycles. The van der Waals surface area contributed by atoms with Crippen LogP contribution in [0.3, 0.4) is 0 Å². The van der Waals surface area contributed by atoms with E-state index in [4.69, 9.17) is 0 Å². The third-order valence-electron chi connectivity index (χ3n) is 2.04. The molecule has 5 nitrogen and oxygen atoms in total. The maximum absolute atomic E-state index is 11.3. The minimum absolute atomic E-state index is 0.0589. The zero-order valence-electron chi connectivity index (χ0n) is 8.37. The van der Waals surface area contributed by atoms with Gasteiger partial charge in [0, 0.05) is 5.69 Å². The van der Waals surface area contributed by atoms with E-state index in [2.05, 4.69) is 20.6 Å². The maximum atomic E-state index is 11.3. The fourth-order valence-electron chi connectivity index (χ4n) is 1.38. The van der Waals surface area contributed by atoms with Crippen LogP contribution >= 0.6 is 0 Å². The first-order chi connectivity index (χ1) is 7.29. The van der Waals surface area contributed by atoms with Crippen molar-refractivity contribution in [2.75, 3.05) is 18.9 Å². The van der Waals surface area contributed by atoms with Gasteiger partial charge in [-0.3, -0.25) is 4.79 Å². The number of H-pyrrole nitrogens is 1. The van der Waals surface area contributed by atoms with Gasteiger partial charge >= 0.3 is 0 Å². The summed E-state index contributed by atoms with van der Waals surface area (Å²) in [6.07, 6.45) is 1.63. The van der Waals surface area contributed by atoms with E-state index in [0.717, 1.165) is 16.7 Å². The van der Waals surface area contributed by atoms with E-state index in [-0.39, 0.29) is 5.91 Å². The van der Waals surface area contributed by atoms with Gasteiger partial charge in [-0.25, -0.2) is 4.98 Å². The Kier molecular flexibility index (Phi) is 2.64. The fourth-order valence-corrected chi connectivity index (χ4v) is 1.38. The smallest absolute Gasteiger partial charge is 0.238 e. The molecule has 2 aromatic rings. The number of aromatic nitrogens is 2. The van der Waals surface area contributed by atoms with Gasteiger partial charge in [-0.05, 0) is 25.2 Å². The summed E-state index contributed by atoms with van der Waals surface area (Å²) in [5.41, 5.74) is 2.57. The van der Waals surface area contributed by atoms with Crippen LogP contribution in [-0.4, -0.2) is 29.5 Å². The number of hydrogen-bond donors (Lipinski definition) is 3. The molecule has 15 heavy (non-hydrogen) atoms. The van der Waals surface area contributed by atoms with Crippen LogP contribution in [-0.2, 0) is 4.79 Å². The number of carbonyl (C=O) groups excluding carboxylic acids is 1. The van der Waals surface area contributed by atoms with Gasteiger partial charge in [0.1, 0.15) is 0 Å². The summed E-state index contributed by atoms with van der Waals surface area (Å²) in [6.45, 7) is 0.307. The molecule has 5 heteroatoms. The molecule has 0 fully saturated rings. The van der Waals surface area contributed by atoms with Gasteiger partial charge in [0.2, 0.25) is 5.91 Å². The van der Waals surface area contributed by atoms with Crippen LogP contribution in [0.25, 0.3) is 11.0 Å². The summed E-state index contributed by atoms with van der Waals surface area (Å²) in [7, 11) is 1.73. The Morgan fingerprint density at radius 3 is 3.20 bits per heavy atom. The van der Waals surface area contributed by atoms with E-state index < -0.39 is 0 Å². The number of nitrogens with zero attached hydrogens (tertiary/aromatic N) is 1. The number of likely N-dealkylation sites (N-methyl/N-ethyl adjacent to an activating group) is 1. The Hall–Kier alpha value is -1.88. The Labute approximate surface area is 86.9 Å².